The quantitative estimate of drug-likeness (QED) is 0.295. The molecule has 1 saturated heterocycles. The summed E-state index contributed by atoms with van der Waals surface area (Å²) in [5.74, 6) is 0.389. The van der Waals surface area contributed by atoms with Gasteiger partial charge in [0.15, 0.2) is 0 Å². The molecule has 1 rings (SSSR count). The van der Waals surface area contributed by atoms with E-state index in [9.17, 15) is 4.79 Å². The number of hydrogen-bond donors (Lipinski definition) is 3. The lowest BCUT2D eigenvalue weighted by Gasteiger charge is -2.30. The van der Waals surface area contributed by atoms with Gasteiger partial charge in [-0.15, -0.1) is 0 Å². The largest absolute Gasteiger partial charge is 0.409 e. The molecular formula is C14H28N4O2. The molecule has 116 valence electrons. The van der Waals surface area contributed by atoms with Crippen molar-refractivity contribution in [2.75, 3.05) is 19.6 Å². The van der Waals surface area contributed by atoms with E-state index in [0.29, 0.717) is 13.0 Å². The van der Waals surface area contributed by atoms with E-state index in [1.807, 2.05) is 25.7 Å². The number of nitrogens with zero attached hydrogens (tertiary/aromatic N) is 2. The average Bonchev–Trinajstić information content (AvgIpc) is 2.46. The molecule has 0 radical (unpaired) electrons. The molecule has 0 aromatic carbocycles. The Labute approximate surface area is 121 Å². The van der Waals surface area contributed by atoms with Crippen LogP contribution in [0.2, 0.25) is 0 Å². The topological polar surface area (TPSA) is 91.0 Å². The van der Waals surface area contributed by atoms with Crippen LogP contribution < -0.4 is 11.1 Å². The number of oxime groups is 1. The first-order valence-corrected chi connectivity index (χ1v) is 7.38. The summed E-state index contributed by atoms with van der Waals surface area (Å²) < 4.78 is 0. The summed E-state index contributed by atoms with van der Waals surface area (Å²) in [5, 5.41) is 15.0. The molecule has 1 aliphatic heterocycles. The first-order valence-electron chi connectivity index (χ1n) is 7.38. The van der Waals surface area contributed by atoms with E-state index >= 15 is 0 Å². The van der Waals surface area contributed by atoms with Crippen LogP contribution >= 0.6 is 0 Å². The Kier molecular flexibility index (Phi) is 6.26. The number of hydrogen-bond acceptors (Lipinski definition) is 4. The van der Waals surface area contributed by atoms with E-state index in [4.69, 9.17) is 10.9 Å². The van der Waals surface area contributed by atoms with Crippen LogP contribution in [0.1, 0.15) is 46.5 Å². The first-order chi connectivity index (χ1) is 9.38. The highest BCUT2D eigenvalue weighted by Gasteiger charge is 2.25. The highest BCUT2D eigenvalue weighted by Crippen LogP contribution is 2.19. The molecule has 6 nitrogen and oxygen atoms in total. The Balaban J connectivity index is 2.35. The van der Waals surface area contributed by atoms with E-state index < -0.39 is 0 Å². The standard InChI is InChI=1S/C14H28N4O2/c1-11(12(19)18-9-5-4-6-10-18)16-8-7-14(2,3)13(15)17-20/h11,16,20H,4-10H2,1-3H3,(H2,15,17). The molecule has 1 amide bonds. The lowest BCUT2D eigenvalue weighted by atomic mass is 9.88. The van der Waals surface area contributed by atoms with Crippen LogP contribution in [0.4, 0.5) is 0 Å². The van der Waals surface area contributed by atoms with Gasteiger partial charge in [0.25, 0.3) is 0 Å². The summed E-state index contributed by atoms with van der Waals surface area (Å²) in [5.41, 5.74) is 5.26. The fourth-order valence-corrected chi connectivity index (χ4v) is 2.34. The van der Waals surface area contributed by atoms with Crippen molar-refractivity contribution >= 4 is 11.7 Å². The van der Waals surface area contributed by atoms with Gasteiger partial charge in [0.05, 0.1) is 6.04 Å². The Morgan fingerprint density at radius 1 is 1.40 bits per heavy atom. The number of carbonyl (C=O) groups excluding carboxylic acids is 1. The van der Waals surface area contributed by atoms with Crippen LogP contribution in [0, 0.1) is 5.41 Å². The van der Waals surface area contributed by atoms with E-state index in [2.05, 4.69) is 10.5 Å². The summed E-state index contributed by atoms with van der Waals surface area (Å²) in [4.78, 5) is 14.2. The third-order valence-electron chi connectivity index (χ3n) is 4.04. The van der Waals surface area contributed by atoms with Crippen LogP contribution in [-0.4, -0.2) is 47.5 Å². The van der Waals surface area contributed by atoms with Crippen molar-refractivity contribution in [2.24, 2.45) is 16.3 Å². The number of carbonyl (C=O) groups is 1. The molecule has 1 aliphatic rings. The molecule has 1 heterocycles. The second kappa shape index (κ2) is 7.47. The lowest BCUT2D eigenvalue weighted by molar-refractivity contribution is -0.133. The van der Waals surface area contributed by atoms with Crippen molar-refractivity contribution in [3.8, 4) is 0 Å². The highest BCUT2D eigenvalue weighted by molar-refractivity contribution is 5.85. The summed E-state index contributed by atoms with van der Waals surface area (Å²) in [6.07, 6.45) is 4.14. The Hall–Kier alpha value is -1.30. The molecule has 20 heavy (non-hydrogen) atoms. The molecular weight excluding hydrogens is 256 g/mol. The van der Waals surface area contributed by atoms with Gasteiger partial charge < -0.3 is 21.2 Å². The van der Waals surface area contributed by atoms with Crippen LogP contribution in [0.3, 0.4) is 0 Å². The number of rotatable bonds is 6. The SMILES string of the molecule is CC(NCCC(C)(C)C(N)=NO)C(=O)N1CCCCC1. The minimum absolute atomic E-state index is 0.173. The molecule has 6 heteroatoms. The van der Waals surface area contributed by atoms with Crippen LogP contribution in [-0.2, 0) is 4.79 Å². The summed E-state index contributed by atoms with van der Waals surface area (Å²) in [6, 6.07) is -0.184. The molecule has 1 unspecified atom stereocenters. The van der Waals surface area contributed by atoms with Gasteiger partial charge in [0.2, 0.25) is 5.91 Å². The second-order valence-electron chi connectivity index (χ2n) is 6.18. The van der Waals surface area contributed by atoms with E-state index in [1.165, 1.54) is 6.42 Å². The van der Waals surface area contributed by atoms with Gasteiger partial charge in [0.1, 0.15) is 5.84 Å². The van der Waals surface area contributed by atoms with Gasteiger partial charge in [0, 0.05) is 18.5 Å². The minimum Gasteiger partial charge on any atom is -0.409 e. The van der Waals surface area contributed by atoms with E-state index in [1.54, 1.807) is 0 Å². The Morgan fingerprint density at radius 3 is 2.55 bits per heavy atom. The van der Waals surface area contributed by atoms with Crippen molar-refractivity contribution in [1.82, 2.24) is 10.2 Å². The zero-order valence-corrected chi connectivity index (χ0v) is 12.9. The molecule has 0 aliphatic carbocycles. The molecule has 0 bridgehead atoms. The number of amides is 1. The Bertz CT molecular complexity index is 349. The number of amidine groups is 1. The normalized spacial score (nSPS) is 18.9. The van der Waals surface area contributed by atoms with E-state index in [-0.39, 0.29) is 23.2 Å². The third kappa shape index (κ3) is 4.67. The van der Waals surface area contributed by atoms with Gasteiger partial charge in [-0.25, -0.2) is 0 Å². The lowest BCUT2D eigenvalue weighted by Crippen LogP contribution is -2.47. The van der Waals surface area contributed by atoms with Crippen molar-refractivity contribution in [3.63, 3.8) is 0 Å². The van der Waals surface area contributed by atoms with Gasteiger partial charge >= 0.3 is 0 Å². The summed E-state index contributed by atoms with van der Waals surface area (Å²) >= 11 is 0. The zero-order chi connectivity index (χ0) is 15.2. The minimum atomic E-state index is -0.379. The average molecular weight is 284 g/mol. The molecule has 0 spiro atoms. The van der Waals surface area contributed by atoms with Crippen LogP contribution in [0.15, 0.2) is 5.16 Å². The predicted molar refractivity (Wildman–Crippen MR) is 79.7 cm³/mol. The molecule has 0 aromatic rings. The van der Waals surface area contributed by atoms with Crippen LogP contribution in [0.25, 0.3) is 0 Å². The molecule has 1 atom stereocenters. The highest BCUT2D eigenvalue weighted by atomic mass is 16.4. The van der Waals surface area contributed by atoms with Gasteiger partial charge in [-0.05, 0) is 39.2 Å². The maximum absolute atomic E-state index is 12.2. The maximum atomic E-state index is 12.2. The molecule has 0 saturated carbocycles. The van der Waals surface area contributed by atoms with Gasteiger partial charge in [-0.1, -0.05) is 19.0 Å². The predicted octanol–water partition coefficient (Wildman–Crippen LogP) is 1.14. The summed E-state index contributed by atoms with van der Waals surface area (Å²) in [7, 11) is 0. The monoisotopic (exact) mass is 284 g/mol. The van der Waals surface area contributed by atoms with E-state index in [0.717, 1.165) is 25.9 Å². The fourth-order valence-electron chi connectivity index (χ4n) is 2.34. The second-order valence-corrected chi connectivity index (χ2v) is 6.18. The number of likely N-dealkylation sites (tertiary alicyclic amines) is 1. The van der Waals surface area contributed by atoms with Crippen molar-refractivity contribution in [3.05, 3.63) is 0 Å². The molecule has 1 fully saturated rings. The molecule has 4 N–H and O–H groups in total. The van der Waals surface area contributed by atoms with Crippen molar-refractivity contribution in [2.45, 2.75) is 52.5 Å². The maximum Gasteiger partial charge on any atom is 0.239 e. The Morgan fingerprint density at radius 2 is 2.00 bits per heavy atom. The fraction of sp³-hybridized carbons (Fsp3) is 0.857. The number of nitrogens with one attached hydrogen (secondary N) is 1. The van der Waals surface area contributed by atoms with Gasteiger partial charge in [-0.2, -0.15) is 0 Å². The van der Waals surface area contributed by atoms with Crippen LogP contribution in [0.5, 0.6) is 0 Å². The zero-order valence-electron chi connectivity index (χ0n) is 12.9. The smallest absolute Gasteiger partial charge is 0.239 e. The first kappa shape index (κ1) is 16.8. The van der Waals surface area contributed by atoms with Gasteiger partial charge in [-0.3, -0.25) is 4.79 Å². The number of piperidine rings is 1. The molecule has 0 aromatic heterocycles. The number of nitrogens with two attached hydrogens (primary N) is 1. The third-order valence-corrected chi connectivity index (χ3v) is 4.04. The summed E-state index contributed by atoms with van der Waals surface area (Å²) in [6.45, 7) is 8.14. The van der Waals surface area contributed by atoms with Crippen molar-refractivity contribution in [1.29, 1.82) is 0 Å². The van der Waals surface area contributed by atoms with Crippen molar-refractivity contribution < 1.29 is 10.0 Å².